The van der Waals surface area contributed by atoms with Crippen molar-refractivity contribution in [2.75, 3.05) is 18.8 Å². The highest BCUT2D eigenvalue weighted by molar-refractivity contribution is 7.91. The molecular weight excluding hydrogens is 322 g/mol. The van der Waals surface area contributed by atoms with E-state index in [4.69, 9.17) is 0 Å². The van der Waals surface area contributed by atoms with Gasteiger partial charge in [0.05, 0.1) is 16.8 Å². The molecule has 0 saturated heterocycles. The van der Waals surface area contributed by atoms with Gasteiger partial charge in [-0.25, -0.2) is 8.42 Å². The summed E-state index contributed by atoms with van der Waals surface area (Å²) >= 11 is 0. The minimum atomic E-state index is -3.29. The Balaban J connectivity index is 2.13. The molecule has 0 heterocycles. The van der Waals surface area contributed by atoms with Crippen LogP contribution in [-0.2, 0) is 9.84 Å². The summed E-state index contributed by atoms with van der Waals surface area (Å²) < 4.78 is 25.6. The van der Waals surface area contributed by atoms with E-state index in [0.717, 1.165) is 44.3 Å². The number of sulfone groups is 1. The Morgan fingerprint density at radius 1 is 1.21 bits per heavy atom. The number of benzene rings is 1. The highest BCUT2D eigenvalue weighted by Crippen LogP contribution is 2.29. The zero-order valence-corrected chi connectivity index (χ0v) is 15.7. The van der Waals surface area contributed by atoms with Gasteiger partial charge in [-0.15, -0.1) is 0 Å². The molecule has 4 nitrogen and oxygen atoms in total. The number of hydrogen-bond donors (Lipinski definition) is 2. The van der Waals surface area contributed by atoms with Crippen LogP contribution < -0.4 is 5.32 Å². The second-order valence-corrected chi connectivity index (χ2v) is 9.06. The Hall–Kier alpha value is -0.910. The SMILES string of the molecule is CCNCCC(O)c1cc(C)cc(S(=O)(=O)CC2CCCCC2)c1. The molecule has 1 fully saturated rings. The van der Waals surface area contributed by atoms with Gasteiger partial charge in [0.25, 0.3) is 0 Å². The maximum atomic E-state index is 12.8. The highest BCUT2D eigenvalue weighted by atomic mass is 32.2. The van der Waals surface area contributed by atoms with Crippen LogP contribution >= 0.6 is 0 Å². The lowest BCUT2D eigenvalue weighted by Crippen LogP contribution is -2.19. The molecule has 0 radical (unpaired) electrons. The topological polar surface area (TPSA) is 66.4 Å². The molecule has 1 atom stereocenters. The first-order chi connectivity index (χ1) is 11.4. The molecule has 136 valence electrons. The minimum absolute atomic E-state index is 0.239. The zero-order valence-electron chi connectivity index (χ0n) is 14.9. The lowest BCUT2D eigenvalue weighted by atomic mass is 9.91. The molecule has 24 heavy (non-hydrogen) atoms. The molecule has 0 aliphatic heterocycles. The van der Waals surface area contributed by atoms with E-state index in [0.29, 0.717) is 16.9 Å². The summed E-state index contributed by atoms with van der Waals surface area (Å²) in [5.41, 5.74) is 1.59. The van der Waals surface area contributed by atoms with Gasteiger partial charge in [-0.3, -0.25) is 0 Å². The summed E-state index contributed by atoms with van der Waals surface area (Å²) in [4.78, 5) is 0.366. The average molecular weight is 354 g/mol. The van der Waals surface area contributed by atoms with E-state index in [9.17, 15) is 13.5 Å². The highest BCUT2D eigenvalue weighted by Gasteiger charge is 2.24. The lowest BCUT2D eigenvalue weighted by Gasteiger charge is -2.21. The zero-order chi connectivity index (χ0) is 17.6. The van der Waals surface area contributed by atoms with Crippen LogP contribution in [0.1, 0.15) is 62.7 Å². The Kier molecular flexibility index (Phi) is 7.26. The molecule has 0 aromatic heterocycles. The van der Waals surface area contributed by atoms with Gasteiger partial charge in [-0.2, -0.15) is 0 Å². The second kappa shape index (κ2) is 8.97. The third-order valence-corrected chi connectivity index (χ3v) is 6.71. The van der Waals surface area contributed by atoms with Crippen LogP contribution in [-0.4, -0.2) is 32.4 Å². The Morgan fingerprint density at radius 3 is 2.58 bits per heavy atom. The fourth-order valence-corrected chi connectivity index (χ4v) is 5.32. The summed E-state index contributed by atoms with van der Waals surface area (Å²) in [6.07, 6.45) is 5.49. The molecule has 1 saturated carbocycles. The molecule has 2 N–H and O–H groups in total. The predicted molar refractivity (Wildman–Crippen MR) is 97.9 cm³/mol. The molecule has 0 bridgehead atoms. The number of hydrogen-bond acceptors (Lipinski definition) is 4. The molecule has 1 aliphatic carbocycles. The molecule has 1 aliphatic rings. The van der Waals surface area contributed by atoms with Crippen LogP contribution in [0.25, 0.3) is 0 Å². The molecule has 5 heteroatoms. The molecule has 1 aromatic carbocycles. The largest absolute Gasteiger partial charge is 0.388 e. The fraction of sp³-hybridized carbons (Fsp3) is 0.684. The Bertz CT molecular complexity index is 621. The van der Waals surface area contributed by atoms with Crippen LogP contribution in [0.5, 0.6) is 0 Å². The standard InChI is InChI=1S/C19H31NO3S/c1-3-20-10-9-19(21)17-11-15(2)12-18(13-17)24(22,23)14-16-7-5-4-6-8-16/h11-13,16,19-21H,3-10,14H2,1-2H3. The Morgan fingerprint density at radius 2 is 1.92 bits per heavy atom. The van der Waals surface area contributed by atoms with Crippen LogP contribution in [0.3, 0.4) is 0 Å². The molecule has 0 spiro atoms. The number of aryl methyl sites for hydroxylation is 1. The first-order valence-corrected chi connectivity index (χ1v) is 10.8. The second-order valence-electron chi connectivity index (χ2n) is 7.02. The van der Waals surface area contributed by atoms with Crippen molar-refractivity contribution in [3.8, 4) is 0 Å². The van der Waals surface area contributed by atoms with Crippen molar-refractivity contribution in [3.63, 3.8) is 0 Å². The van der Waals surface area contributed by atoms with Gasteiger partial charge in [0.2, 0.25) is 0 Å². The van der Waals surface area contributed by atoms with E-state index >= 15 is 0 Å². The van der Waals surface area contributed by atoms with Crippen LogP contribution in [0, 0.1) is 12.8 Å². The first kappa shape index (κ1) is 19.4. The van der Waals surface area contributed by atoms with Gasteiger partial charge in [-0.1, -0.05) is 32.3 Å². The normalized spacial score (nSPS) is 17.8. The van der Waals surface area contributed by atoms with Gasteiger partial charge in [0.15, 0.2) is 9.84 Å². The predicted octanol–water partition coefficient (Wildman–Crippen LogP) is 3.38. The number of nitrogens with one attached hydrogen (secondary N) is 1. The maximum absolute atomic E-state index is 12.8. The third kappa shape index (κ3) is 5.57. The van der Waals surface area contributed by atoms with Crippen molar-refractivity contribution < 1.29 is 13.5 Å². The number of rotatable bonds is 8. The van der Waals surface area contributed by atoms with E-state index in [2.05, 4.69) is 5.32 Å². The van der Waals surface area contributed by atoms with Gasteiger partial charge < -0.3 is 10.4 Å². The van der Waals surface area contributed by atoms with E-state index in [1.807, 2.05) is 19.9 Å². The first-order valence-electron chi connectivity index (χ1n) is 9.15. The monoisotopic (exact) mass is 353 g/mol. The van der Waals surface area contributed by atoms with E-state index in [1.165, 1.54) is 6.42 Å². The average Bonchev–Trinajstić information content (AvgIpc) is 2.55. The van der Waals surface area contributed by atoms with E-state index in [1.54, 1.807) is 12.1 Å². The quantitative estimate of drug-likeness (QED) is 0.703. The molecule has 1 aromatic rings. The van der Waals surface area contributed by atoms with Gasteiger partial charge in [0, 0.05) is 0 Å². The van der Waals surface area contributed by atoms with Crippen molar-refractivity contribution in [1.82, 2.24) is 5.32 Å². The number of aliphatic hydroxyl groups excluding tert-OH is 1. The number of aliphatic hydroxyl groups is 1. The van der Waals surface area contributed by atoms with Crippen molar-refractivity contribution in [1.29, 1.82) is 0 Å². The van der Waals surface area contributed by atoms with Crippen molar-refractivity contribution in [3.05, 3.63) is 29.3 Å². The fourth-order valence-electron chi connectivity index (χ4n) is 3.49. The van der Waals surface area contributed by atoms with Crippen LogP contribution in [0.15, 0.2) is 23.1 Å². The summed E-state index contributed by atoms with van der Waals surface area (Å²) in [7, 11) is -3.29. The molecule has 1 unspecified atom stereocenters. The van der Waals surface area contributed by atoms with Crippen LogP contribution in [0.4, 0.5) is 0 Å². The summed E-state index contributed by atoms with van der Waals surface area (Å²) in [5.74, 6) is 0.523. The van der Waals surface area contributed by atoms with Crippen LogP contribution in [0.2, 0.25) is 0 Å². The maximum Gasteiger partial charge on any atom is 0.178 e. The van der Waals surface area contributed by atoms with E-state index in [-0.39, 0.29) is 11.7 Å². The lowest BCUT2D eigenvalue weighted by molar-refractivity contribution is 0.167. The summed E-state index contributed by atoms with van der Waals surface area (Å²) in [6, 6.07) is 5.29. The van der Waals surface area contributed by atoms with Gasteiger partial charge in [0.1, 0.15) is 0 Å². The van der Waals surface area contributed by atoms with Gasteiger partial charge >= 0.3 is 0 Å². The van der Waals surface area contributed by atoms with Crippen molar-refractivity contribution >= 4 is 9.84 Å². The summed E-state index contributed by atoms with van der Waals surface area (Å²) in [5, 5.41) is 13.5. The summed E-state index contributed by atoms with van der Waals surface area (Å²) in [6.45, 7) is 5.49. The van der Waals surface area contributed by atoms with Crippen molar-refractivity contribution in [2.24, 2.45) is 5.92 Å². The van der Waals surface area contributed by atoms with E-state index < -0.39 is 15.9 Å². The van der Waals surface area contributed by atoms with Crippen molar-refractivity contribution in [2.45, 2.75) is 63.4 Å². The Labute approximate surface area is 146 Å². The third-order valence-electron chi connectivity index (χ3n) is 4.84. The minimum Gasteiger partial charge on any atom is -0.388 e. The van der Waals surface area contributed by atoms with Gasteiger partial charge in [-0.05, 0) is 68.5 Å². The smallest absolute Gasteiger partial charge is 0.178 e. The molecular formula is C19H31NO3S. The molecule has 2 rings (SSSR count). The molecule has 0 amide bonds.